The van der Waals surface area contributed by atoms with Crippen LogP contribution in [0.3, 0.4) is 0 Å². The number of piperazine rings is 1. The van der Waals surface area contributed by atoms with E-state index in [4.69, 9.17) is 4.42 Å². The molecule has 0 atom stereocenters. The number of aromatic nitrogens is 1. The van der Waals surface area contributed by atoms with Crippen LogP contribution in [0.2, 0.25) is 0 Å². The number of nitrogens with zero attached hydrogens (tertiary/aromatic N) is 3. The second-order valence-corrected chi connectivity index (χ2v) is 8.36. The van der Waals surface area contributed by atoms with Gasteiger partial charge < -0.3 is 14.2 Å². The number of hydrogen-bond donors (Lipinski definition) is 1. The lowest BCUT2D eigenvalue weighted by atomic mass is 9.84. The van der Waals surface area contributed by atoms with E-state index < -0.39 is 0 Å². The van der Waals surface area contributed by atoms with Crippen molar-refractivity contribution in [2.45, 2.75) is 32.6 Å². The van der Waals surface area contributed by atoms with Crippen LogP contribution in [0.15, 0.2) is 22.1 Å². The Morgan fingerprint density at radius 2 is 1.93 bits per heavy atom. The van der Waals surface area contributed by atoms with Crippen molar-refractivity contribution in [1.82, 2.24) is 14.8 Å². The molecule has 4 rings (SSSR count). The summed E-state index contributed by atoms with van der Waals surface area (Å²) in [6.07, 6.45) is 4.80. The Balaban J connectivity index is 1.27. The number of amides is 3. The third-order valence-corrected chi connectivity index (χ3v) is 6.41. The molecule has 0 radical (unpaired) electrons. The van der Waals surface area contributed by atoms with E-state index in [1.807, 2.05) is 4.90 Å². The van der Waals surface area contributed by atoms with Crippen molar-refractivity contribution in [3.05, 3.63) is 34.7 Å². The largest absolute Gasteiger partial charge is 0.469 e. The lowest BCUT2D eigenvalue weighted by Crippen LogP contribution is -2.52. The van der Waals surface area contributed by atoms with E-state index in [0.717, 1.165) is 19.3 Å². The summed E-state index contributed by atoms with van der Waals surface area (Å²) in [4.78, 5) is 45.2. The van der Waals surface area contributed by atoms with Crippen LogP contribution in [0.25, 0.3) is 0 Å². The predicted molar refractivity (Wildman–Crippen MR) is 108 cm³/mol. The summed E-state index contributed by atoms with van der Waals surface area (Å²) in [5, 5.41) is 4.97. The van der Waals surface area contributed by atoms with Gasteiger partial charge in [-0.2, -0.15) is 0 Å². The second-order valence-electron chi connectivity index (χ2n) is 7.50. The smallest absolute Gasteiger partial charge is 0.260 e. The number of anilines is 1. The van der Waals surface area contributed by atoms with Gasteiger partial charge in [0, 0.05) is 37.5 Å². The van der Waals surface area contributed by atoms with Crippen molar-refractivity contribution >= 4 is 34.2 Å². The van der Waals surface area contributed by atoms with Crippen LogP contribution >= 0.6 is 11.3 Å². The van der Waals surface area contributed by atoms with Gasteiger partial charge in [0.05, 0.1) is 23.9 Å². The molecular weight excluding hydrogens is 392 g/mol. The lowest BCUT2D eigenvalue weighted by molar-refractivity contribution is -0.143. The van der Waals surface area contributed by atoms with E-state index in [1.165, 1.54) is 17.6 Å². The number of rotatable bonds is 5. The van der Waals surface area contributed by atoms with Crippen LogP contribution in [0, 0.1) is 12.8 Å². The van der Waals surface area contributed by atoms with Gasteiger partial charge in [-0.3, -0.25) is 19.7 Å². The van der Waals surface area contributed by atoms with E-state index in [2.05, 4.69) is 10.3 Å². The Hall–Kier alpha value is -2.68. The van der Waals surface area contributed by atoms with Crippen LogP contribution in [-0.2, 0) is 16.0 Å². The van der Waals surface area contributed by atoms with Crippen molar-refractivity contribution in [2.24, 2.45) is 5.92 Å². The molecule has 1 saturated heterocycles. The van der Waals surface area contributed by atoms with Gasteiger partial charge in [-0.25, -0.2) is 4.98 Å². The summed E-state index contributed by atoms with van der Waals surface area (Å²) in [7, 11) is 0. The van der Waals surface area contributed by atoms with Gasteiger partial charge in [-0.05, 0) is 25.8 Å². The van der Waals surface area contributed by atoms with Gasteiger partial charge in [-0.15, -0.1) is 11.3 Å². The van der Waals surface area contributed by atoms with Gasteiger partial charge in [0.1, 0.15) is 5.76 Å². The minimum absolute atomic E-state index is 0.00500. The quantitative estimate of drug-likeness (QED) is 0.807. The molecule has 1 saturated carbocycles. The highest BCUT2D eigenvalue weighted by Gasteiger charge is 2.32. The number of aryl methyl sites for hydroxylation is 1. The molecule has 0 aromatic carbocycles. The van der Waals surface area contributed by atoms with Crippen LogP contribution in [0.4, 0.5) is 5.13 Å². The molecule has 2 aromatic rings. The minimum Gasteiger partial charge on any atom is -0.469 e. The summed E-state index contributed by atoms with van der Waals surface area (Å²) >= 11 is 1.29. The average molecular weight is 417 g/mol. The van der Waals surface area contributed by atoms with Crippen molar-refractivity contribution in [3.63, 3.8) is 0 Å². The molecule has 0 unspecified atom stereocenters. The van der Waals surface area contributed by atoms with E-state index in [1.54, 1.807) is 23.3 Å². The Morgan fingerprint density at radius 1 is 1.21 bits per heavy atom. The zero-order chi connectivity index (χ0) is 20.4. The first-order chi connectivity index (χ1) is 14.0. The van der Waals surface area contributed by atoms with Crippen molar-refractivity contribution < 1.29 is 18.8 Å². The molecular formula is C20H24N4O4S. The van der Waals surface area contributed by atoms with E-state index in [0.29, 0.717) is 48.3 Å². The molecule has 3 amide bonds. The van der Waals surface area contributed by atoms with Gasteiger partial charge in [0.15, 0.2) is 5.13 Å². The fourth-order valence-corrected chi connectivity index (χ4v) is 4.29. The van der Waals surface area contributed by atoms with E-state index in [-0.39, 0.29) is 30.1 Å². The number of furan rings is 1. The highest BCUT2D eigenvalue weighted by molar-refractivity contribution is 7.14. The van der Waals surface area contributed by atoms with Crippen LogP contribution in [0.1, 0.15) is 41.1 Å². The van der Waals surface area contributed by atoms with Crippen molar-refractivity contribution in [2.75, 3.05) is 31.5 Å². The molecule has 29 heavy (non-hydrogen) atoms. The molecule has 1 aliphatic carbocycles. The normalized spacial score (nSPS) is 17.1. The van der Waals surface area contributed by atoms with Gasteiger partial charge >= 0.3 is 0 Å². The summed E-state index contributed by atoms with van der Waals surface area (Å²) in [5.74, 6) is 0.706. The molecule has 3 heterocycles. The first-order valence-electron chi connectivity index (χ1n) is 9.87. The number of carbonyl (C=O) groups is 3. The van der Waals surface area contributed by atoms with E-state index >= 15 is 0 Å². The molecule has 0 bridgehead atoms. The van der Waals surface area contributed by atoms with Crippen molar-refractivity contribution in [1.29, 1.82) is 0 Å². The standard InChI is InChI=1S/C20H24N4O4S/c1-13-16(5-10-28-13)18(26)22-20-21-15(12-29-20)11-17(25)23-6-8-24(9-7-23)19(27)14-3-2-4-14/h5,10,12,14H,2-4,6-9,11H2,1H3,(H,21,22,26). The summed E-state index contributed by atoms with van der Waals surface area (Å²) in [6.45, 7) is 4.04. The molecule has 0 spiro atoms. The topological polar surface area (TPSA) is 95.8 Å². The molecule has 8 nitrogen and oxygen atoms in total. The maximum Gasteiger partial charge on any atom is 0.260 e. The number of nitrogens with one attached hydrogen (secondary N) is 1. The van der Waals surface area contributed by atoms with Crippen molar-refractivity contribution in [3.8, 4) is 0 Å². The number of hydrogen-bond acceptors (Lipinski definition) is 6. The Kier molecular flexibility index (Phi) is 5.66. The number of thiazole rings is 1. The fraction of sp³-hybridized carbons (Fsp3) is 0.500. The molecule has 2 fully saturated rings. The first kappa shape index (κ1) is 19.6. The van der Waals surface area contributed by atoms with Crippen LogP contribution < -0.4 is 5.32 Å². The van der Waals surface area contributed by atoms with Gasteiger partial charge in [-0.1, -0.05) is 6.42 Å². The second kappa shape index (κ2) is 8.36. The fourth-order valence-electron chi connectivity index (χ4n) is 3.59. The van der Waals surface area contributed by atoms with E-state index in [9.17, 15) is 14.4 Å². The maximum absolute atomic E-state index is 12.6. The summed E-state index contributed by atoms with van der Waals surface area (Å²) in [6, 6.07) is 1.61. The van der Waals surface area contributed by atoms with Gasteiger partial charge in [0.25, 0.3) is 5.91 Å². The molecule has 2 aromatic heterocycles. The molecule has 1 N–H and O–H groups in total. The highest BCUT2D eigenvalue weighted by Crippen LogP contribution is 2.28. The molecule has 154 valence electrons. The maximum atomic E-state index is 12.6. The summed E-state index contributed by atoms with van der Waals surface area (Å²) in [5.41, 5.74) is 1.10. The summed E-state index contributed by atoms with van der Waals surface area (Å²) < 4.78 is 5.14. The predicted octanol–water partition coefficient (Wildman–Crippen LogP) is 2.31. The monoisotopic (exact) mass is 416 g/mol. The molecule has 1 aliphatic heterocycles. The average Bonchev–Trinajstić information content (AvgIpc) is 3.29. The molecule has 2 aliphatic rings. The number of carbonyl (C=O) groups excluding carboxylic acids is 3. The zero-order valence-corrected chi connectivity index (χ0v) is 17.2. The molecule has 9 heteroatoms. The zero-order valence-electron chi connectivity index (χ0n) is 16.3. The van der Waals surface area contributed by atoms with Crippen LogP contribution in [-0.4, -0.2) is 58.7 Å². The Labute approximate surface area is 172 Å². The minimum atomic E-state index is -0.282. The highest BCUT2D eigenvalue weighted by atomic mass is 32.1. The third-order valence-electron chi connectivity index (χ3n) is 5.61. The lowest BCUT2D eigenvalue weighted by Gasteiger charge is -2.38. The Bertz CT molecular complexity index is 909. The van der Waals surface area contributed by atoms with Crippen LogP contribution in [0.5, 0.6) is 0 Å². The van der Waals surface area contributed by atoms with Gasteiger partial charge in [0.2, 0.25) is 11.8 Å². The third kappa shape index (κ3) is 4.34. The first-order valence-corrected chi connectivity index (χ1v) is 10.8. The SMILES string of the molecule is Cc1occc1C(=O)Nc1nc(CC(=O)N2CCN(C(=O)C3CCC3)CC2)cs1. The Morgan fingerprint density at radius 3 is 2.55 bits per heavy atom.